The third-order valence-corrected chi connectivity index (χ3v) is 3.20. The first-order chi connectivity index (χ1) is 9.57. The SMILES string of the molecule is OCC(CO)(CO)COCCOCC(CO)(CO)CO. The highest BCUT2D eigenvalue weighted by Gasteiger charge is 2.29. The third kappa shape index (κ3) is 5.98. The summed E-state index contributed by atoms with van der Waals surface area (Å²) in [4.78, 5) is 0. The van der Waals surface area contributed by atoms with Crippen molar-refractivity contribution in [2.45, 2.75) is 0 Å². The molecule has 8 heteroatoms. The quantitative estimate of drug-likeness (QED) is 0.197. The molecule has 0 aromatic heterocycles. The molecule has 122 valence electrons. The van der Waals surface area contributed by atoms with Crippen LogP contribution in [0.25, 0.3) is 0 Å². The van der Waals surface area contributed by atoms with Gasteiger partial charge in [0.2, 0.25) is 0 Å². The van der Waals surface area contributed by atoms with E-state index in [0.29, 0.717) is 0 Å². The molecule has 0 heterocycles. The van der Waals surface area contributed by atoms with Crippen molar-refractivity contribution in [1.82, 2.24) is 0 Å². The van der Waals surface area contributed by atoms with Gasteiger partial charge in [0.05, 0.1) is 76.9 Å². The van der Waals surface area contributed by atoms with Crippen molar-refractivity contribution in [2.24, 2.45) is 10.8 Å². The molecule has 0 aromatic rings. The number of ether oxygens (including phenoxy) is 2. The van der Waals surface area contributed by atoms with E-state index in [2.05, 4.69) is 0 Å². The van der Waals surface area contributed by atoms with Crippen LogP contribution in [0, 0.1) is 10.8 Å². The molecule has 0 rings (SSSR count). The van der Waals surface area contributed by atoms with Crippen molar-refractivity contribution in [3.63, 3.8) is 0 Å². The zero-order valence-electron chi connectivity index (χ0n) is 11.6. The van der Waals surface area contributed by atoms with E-state index in [4.69, 9.17) is 40.1 Å². The van der Waals surface area contributed by atoms with Crippen LogP contribution >= 0.6 is 0 Å². The molecular formula is C12H26O8. The van der Waals surface area contributed by atoms with Gasteiger partial charge in [0.15, 0.2) is 0 Å². The minimum Gasteiger partial charge on any atom is -0.396 e. The van der Waals surface area contributed by atoms with Crippen molar-refractivity contribution < 1.29 is 40.1 Å². The van der Waals surface area contributed by atoms with Crippen LogP contribution in [0.5, 0.6) is 0 Å². The van der Waals surface area contributed by atoms with Gasteiger partial charge in [-0.1, -0.05) is 0 Å². The highest BCUT2D eigenvalue weighted by Crippen LogP contribution is 2.16. The standard InChI is InChI=1S/C12H26O8/c13-3-11(4-14,5-15)9-19-1-2-20-10-12(6-16,7-17)8-18/h13-18H,1-10H2. The Hall–Kier alpha value is -0.320. The number of hydrogen-bond donors (Lipinski definition) is 6. The third-order valence-electron chi connectivity index (χ3n) is 3.20. The Morgan fingerprint density at radius 3 is 0.950 bits per heavy atom. The molecule has 0 saturated heterocycles. The fraction of sp³-hybridized carbons (Fsp3) is 1.00. The number of hydrogen-bond acceptors (Lipinski definition) is 8. The molecule has 0 bridgehead atoms. The lowest BCUT2D eigenvalue weighted by atomic mass is 9.92. The zero-order valence-corrected chi connectivity index (χ0v) is 11.6. The summed E-state index contributed by atoms with van der Waals surface area (Å²) < 4.78 is 10.4. The van der Waals surface area contributed by atoms with E-state index < -0.39 is 50.5 Å². The molecule has 0 aliphatic rings. The molecule has 0 aliphatic heterocycles. The largest absolute Gasteiger partial charge is 0.396 e. The maximum atomic E-state index is 9.07. The van der Waals surface area contributed by atoms with E-state index in [1.165, 1.54) is 0 Å². The molecule has 6 N–H and O–H groups in total. The summed E-state index contributed by atoms with van der Waals surface area (Å²) in [5.74, 6) is 0. The maximum Gasteiger partial charge on any atom is 0.0700 e. The van der Waals surface area contributed by atoms with Crippen LogP contribution in [0.2, 0.25) is 0 Å². The van der Waals surface area contributed by atoms with E-state index in [1.54, 1.807) is 0 Å². The first-order valence-corrected chi connectivity index (χ1v) is 6.38. The fourth-order valence-corrected chi connectivity index (χ4v) is 1.27. The Labute approximate surface area is 118 Å². The van der Waals surface area contributed by atoms with Crippen LogP contribution < -0.4 is 0 Å². The molecule has 0 aliphatic carbocycles. The summed E-state index contributed by atoms with van der Waals surface area (Å²) >= 11 is 0. The Bertz CT molecular complexity index is 187. The van der Waals surface area contributed by atoms with Gasteiger partial charge >= 0.3 is 0 Å². The van der Waals surface area contributed by atoms with Crippen LogP contribution in [0.3, 0.4) is 0 Å². The van der Waals surface area contributed by atoms with Gasteiger partial charge in [0.1, 0.15) is 0 Å². The average Bonchev–Trinajstić information content (AvgIpc) is 2.52. The van der Waals surface area contributed by atoms with E-state index in [1.807, 2.05) is 0 Å². The second-order valence-corrected chi connectivity index (χ2v) is 5.05. The lowest BCUT2D eigenvalue weighted by molar-refractivity contribution is -0.0865. The van der Waals surface area contributed by atoms with E-state index >= 15 is 0 Å². The highest BCUT2D eigenvalue weighted by molar-refractivity contribution is 4.77. The molecule has 0 saturated carbocycles. The van der Waals surface area contributed by atoms with Gasteiger partial charge in [0.25, 0.3) is 0 Å². The molecule has 0 unspecified atom stereocenters. The molecule has 20 heavy (non-hydrogen) atoms. The normalized spacial score (nSPS) is 12.9. The van der Waals surface area contributed by atoms with Gasteiger partial charge in [0, 0.05) is 0 Å². The first kappa shape index (κ1) is 19.7. The van der Waals surface area contributed by atoms with Crippen molar-refractivity contribution in [3.8, 4) is 0 Å². The van der Waals surface area contributed by atoms with Crippen molar-refractivity contribution in [1.29, 1.82) is 0 Å². The highest BCUT2D eigenvalue weighted by atomic mass is 16.5. The number of aliphatic hydroxyl groups excluding tert-OH is 6. The minimum absolute atomic E-state index is 0.0228. The Kier molecular flexibility index (Phi) is 10.2. The zero-order chi connectivity index (χ0) is 15.5. The van der Waals surface area contributed by atoms with E-state index in [9.17, 15) is 0 Å². The molecule has 0 amide bonds. The molecule has 0 fully saturated rings. The minimum atomic E-state index is -1.08. The molecule has 0 atom stereocenters. The van der Waals surface area contributed by atoms with Gasteiger partial charge in [-0.3, -0.25) is 0 Å². The topological polar surface area (TPSA) is 140 Å². The number of rotatable bonds is 13. The van der Waals surface area contributed by atoms with Crippen LogP contribution in [-0.2, 0) is 9.47 Å². The average molecular weight is 298 g/mol. The van der Waals surface area contributed by atoms with Gasteiger partial charge < -0.3 is 40.1 Å². The predicted octanol–water partition coefficient (Wildman–Crippen LogP) is -3.05. The van der Waals surface area contributed by atoms with E-state index in [-0.39, 0.29) is 26.4 Å². The smallest absolute Gasteiger partial charge is 0.0700 e. The van der Waals surface area contributed by atoms with Gasteiger partial charge in [-0.25, -0.2) is 0 Å². The molecule has 0 aromatic carbocycles. The first-order valence-electron chi connectivity index (χ1n) is 6.38. The predicted molar refractivity (Wildman–Crippen MR) is 69.0 cm³/mol. The van der Waals surface area contributed by atoms with Crippen LogP contribution in [0.15, 0.2) is 0 Å². The second-order valence-electron chi connectivity index (χ2n) is 5.05. The Morgan fingerprint density at radius 1 is 0.500 bits per heavy atom. The second kappa shape index (κ2) is 10.4. The summed E-state index contributed by atoms with van der Waals surface area (Å²) in [7, 11) is 0. The maximum absolute atomic E-state index is 9.07. The summed E-state index contributed by atoms with van der Waals surface area (Å²) in [6.07, 6.45) is 0. The Balaban J connectivity index is 3.87. The molecule has 8 nitrogen and oxygen atoms in total. The summed E-state index contributed by atoms with van der Waals surface area (Å²) in [5.41, 5.74) is -2.16. The van der Waals surface area contributed by atoms with Crippen LogP contribution in [0.4, 0.5) is 0 Å². The molecule has 0 spiro atoms. The van der Waals surface area contributed by atoms with Crippen molar-refractivity contribution >= 4 is 0 Å². The summed E-state index contributed by atoms with van der Waals surface area (Å²) in [5, 5.41) is 54.4. The van der Waals surface area contributed by atoms with E-state index in [0.717, 1.165) is 0 Å². The van der Waals surface area contributed by atoms with Gasteiger partial charge in [-0.05, 0) is 0 Å². The van der Waals surface area contributed by atoms with Crippen LogP contribution in [-0.4, -0.2) is 96.7 Å². The molecular weight excluding hydrogens is 272 g/mol. The van der Waals surface area contributed by atoms with Crippen molar-refractivity contribution in [3.05, 3.63) is 0 Å². The lowest BCUT2D eigenvalue weighted by Gasteiger charge is -2.28. The number of aliphatic hydroxyl groups is 6. The molecule has 0 radical (unpaired) electrons. The van der Waals surface area contributed by atoms with Gasteiger partial charge in [-0.2, -0.15) is 0 Å². The lowest BCUT2D eigenvalue weighted by Crippen LogP contribution is -2.40. The monoisotopic (exact) mass is 298 g/mol. The van der Waals surface area contributed by atoms with Crippen molar-refractivity contribution in [2.75, 3.05) is 66.1 Å². The summed E-state index contributed by atoms with van der Waals surface area (Å²) in [6.45, 7) is -2.14. The van der Waals surface area contributed by atoms with Crippen LogP contribution in [0.1, 0.15) is 0 Å². The summed E-state index contributed by atoms with van der Waals surface area (Å²) in [6, 6.07) is 0. The Morgan fingerprint density at radius 2 is 0.750 bits per heavy atom. The van der Waals surface area contributed by atoms with Gasteiger partial charge in [-0.15, -0.1) is 0 Å². The fourth-order valence-electron chi connectivity index (χ4n) is 1.27.